The minimum absolute atomic E-state index is 0.141. The second kappa shape index (κ2) is 9.59. The Morgan fingerprint density at radius 2 is 1.80 bits per heavy atom. The van der Waals surface area contributed by atoms with Crippen molar-refractivity contribution in [2.24, 2.45) is 0 Å². The van der Waals surface area contributed by atoms with Gasteiger partial charge >= 0.3 is 0 Å². The summed E-state index contributed by atoms with van der Waals surface area (Å²) in [4.78, 5) is 17.9. The molecular formula is C21H21ClN2O4S2. The monoisotopic (exact) mass is 464 g/mol. The molecule has 158 valence electrons. The van der Waals surface area contributed by atoms with Crippen molar-refractivity contribution in [1.29, 1.82) is 0 Å². The molecule has 30 heavy (non-hydrogen) atoms. The molecule has 1 aromatic heterocycles. The summed E-state index contributed by atoms with van der Waals surface area (Å²) >= 11 is 7.13. The molecule has 0 unspecified atom stereocenters. The molecule has 0 aliphatic heterocycles. The van der Waals surface area contributed by atoms with Gasteiger partial charge in [0.2, 0.25) is 5.91 Å². The number of hydrogen-bond acceptors (Lipinski definition) is 6. The maximum absolute atomic E-state index is 12.4. The summed E-state index contributed by atoms with van der Waals surface area (Å²) in [5, 5.41) is 3.58. The second-order valence-electron chi connectivity index (χ2n) is 6.45. The van der Waals surface area contributed by atoms with Crippen molar-refractivity contribution in [2.75, 3.05) is 17.7 Å². The number of nitrogens with zero attached hydrogens (tertiary/aromatic N) is 1. The summed E-state index contributed by atoms with van der Waals surface area (Å²) in [6.45, 7) is 4.44. The Morgan fingerprint density at radius 3 is 2.43 bits per heavy atom. The molecule has 1 heterocycles. The van der Waals surface area contributed by atoms with E-state index in [-0.39, 0.29) is 17.1 Å². The van der Waals surface area contributed by atoms with Crippen molar-refractivity contribution in [2.45, 2.75) is 25.2 Å². The Hall–Kier alpha value is -2.42. The Morgan fingerprint density at radius 1 is 1.13 bits per heavy atom. The van der Waals surface area contributed by atoms with Gasteiger partial charge in [0, 0.05) is 21.9 Å². The molecule has 1 N–H and O–H groups in total. The molecule has 0 aliphatic carbocycles. The van der Waals surface area contributed by atoms with E-state index in [2.05, 4.69) is 10.3 Å². The van der Waals surface area contributed by atoms with Gasteiger partial charge in [-0.3, -0.25) is 4.79 Å². The highest BCUT2D eigenvalue weighted by Gasteiger charge is 2.18. The molecule has 3 rings (SSSR count). The summed E-state index contributed by atoms with van der Waals surface area (Å²) in [5.41, 5.74) is 1.69. The molecule has 2 aromatic carbocycles. The fraction of sp³-hybridized carbons (Fsp3) is 0.238. The molecular weight excluding hydrogens is 444 g/mol. The topological polar surface area (TPSA) is 85.4 Å². The highest BCUT2D eigenvalue weighted by Crippen LogP contribution is 2.31. The average Bonchev–Trinajstić information content (AvgIpc) is 3.07. The zero-order chi connectivity index (χ0) is 21.7. The first kappa shape index (κ1) is 22.3. The van der Waals surface area contributed by atoms with Crippen LogP contribution < -0.4 is 10.1 Å². The minimum Gasteiger partial charge on any atom is -0.494 e. The number of nitrogens with one attached hydrogen (secondary N) is 1. The Bertz CT molecular complexity index is 1120. The average molecular weight is 465 g/mol. The van der Waals surface area contributed by atoms with E-state index >= 15 is 0 Å². The van der Waals surface area contributed by atoms with E-state index in [0.717, 1.165) is 21.9 Å². The maximum atomic E-state index is 12.4. The maximum Gasteiger partial charge on any atom is 0.227 e. The van der Waals surface area contributed by atoms with Crippen LogP contribution in [-0.4, -0.2) is 31.7 Å². The molecule has 1 amide bonds. The van der Waals surface area contributed by atoms with Crippen molar-refractivity contribution < 1.29 is 17.9 Å². The molecule has 6 nitrogen and oxygen atoms in total. The largest absolute Gasteiger partial charge is 0.494 e. The molecule has 9 heteroatoms. The number of amides is 1. The molecule has 0 atom stereocenters. The van der Waals surface area contributed by atoms with Crippen molar-refractivity contribution in [1.82, 2.24) is 4.98 Å². The van der Waals surface area contributed by atoms with Crippen LogP contribution in [0.3, 0.4) is 0 Å². The number of halogens is 1. The van der Waals surface area contributed by atoms with E-state index in [1.807, 2.05) is 38.1 Å². The van der Waals surface area contributed by atoms with Gasteiger partial charge in [0.25, 0.3) is 0 Å². The highest BCUT2D eigenvalue weighted by atomic mass is 35.5. The van der Waals surface area contributed by atoms with Crippen LogP contribution in [0.4, 0.5) is 5.13 Å². The van der Waals surface area contributed by atoms with Crippen LogP contribution >= 0.6 is 22.9 Å². The zero-order valence-corrected chi connectivity index (χ0v) is 18.9. The van der Waals surface area contributed by atoms with Gasteiger partial charge in [0.05, 0.1) is 22.9 Å². The second-order valence-corrected chi connectivity index (χ2v) is 10.2. The smallest absolute Gasteiger partial charge is 0.227 e. The first-order chi connectivity index (χ1) is 14.3. The number of hydrogen-bond donors (Lipinski definition) is 1. The van der Waals surface area contributed by atoms with Crippen LogP contribution in [-0.2, 0) is 14.6 Å². The standard InChI is InChI=1S/C21H21ClN2O4S2/c1-3-28-17-8-4-15(5-9-17)20-14(2)29-21(24-20)23-19(25)12-13-30(26,27)18-10-6-16(22)7-11-18/h4-11H,3,12-13H2,1-2H3,(H,23,24,25). The van der Waals surface area contributed by atoms with Crippen molar-refractivity contribution in [3.05, 3.63) is 58.4 Å². The molecule has 0 bridgehead atoms. The number of anilines is 1. The first-order valence-electron chi connectivity index (χ1n) is 9.27. The fourth-order valence-corrected chi connectivity index (χ4v) is 4.98. The third-order valence-corrected chi connectivity index (χ3v) is 7.12. The van der Waals surface area contributed by atoms with Crippen molar-refractivity contribution >= 4 is 43.8 Å². The first-order valence-corrected chi connectivity index (χ1v) is 12.1. The number of benzene rings is 2. The van der Waals surface area contributed by atoms with Crippen LogP contribution in [0.1, 0.15) is 18.2 Å². The van der Waals surface area contributed by atoms with Gasteiger partial charge in [-0.25, -0.2) is 13.4 Å². The van der Waals surface area contributed by atoms with Gasteiger partial charge in [0.1, 0.15) is 5.75 Å². The molecule has 0 saturated carbocycles. The predicted octanol–water partition coefficient (Wildman–Crippen LogP) is 4.97. The molecule has 0 radical (unpaired) electrons. The number of aromatic nitrogens is 1. The summed E-state index contributed by atoms with van der Waals surface area (Å²) < 4.78 is 30.2. The van der Waals surface area contributed by atoms with Crippen molar-refractivity contribution in [3.8, 4) is 17.0 Å². The van der Waals surface area contributed by atoms with Gasteiger partial charge in [-0.15, -0.1) is 11.3 Å². The molecule has 3 aromatic rings. The SMILES string of the molecule is CCOc1ccc(-c2nc(NC(=O)CCS(=O)(=O)c3ccc(Cl)cc3)sc2C)cc1. The normalized spacial score (nSPS) is 11.3. The van der Waals surface area contributed by atoms with E-state index in [1.165, 1.54) is 35.6 Å². The number of thiazole rings is 1. The number of aryl methyl sites for hydroxylation is 1. The molecule has 0 spiro atoms. The lowest BCUT2D eigenvalue weighted by Crippen LogP contribution is -2.17. The Balaban J connectivity index is 1.63. The van der Waals surface area contributed by atoms with Gasteiger partial charge in [0.15, 0.2) is 15.0 Å². The van der Waals surface area contributed by atoms with E-state index in [9.17, 15) is 13.2 Å². The summed E-state index contributed by atoms with van der Waals surface area (Å²) in [6.07, 6.45) is -0.165. The van der Waals surface area contributed by atoms with E-state index in [4.69, 9.17) is 16.3 Å². The number of carbonyl (C=O) groups excluding carboxylic acids is 1. The van der Waals surface area contributed by atoms with Crippen LogP contribution in [0.5, 0.6) is 5.75 Å². The Kier molecular flexibility index (Phi) is 7.12. The summed E-state index contributed by atoms with van der Waals surface area (Å²) in [5.74, 6) is 0.0837. The van der Waals surface area contributed by atoms with Crippen LogP contribution in [0.25, 0.3) is 11.3 Å². The highest BCUT2D eigenvalue weighted by molar-refractivity contribution is 7.91. The lowest BCUT2D eigenvalue weighted by molar-refractivity contribution is -0.115. The number of sulfone groups is 1. The number of rotatable bonds is 8. The Labute approximate surface area is 184 Å². The lowest BCUT2D eigenvalue weighted by atomic mass is 10.1. The van der Waals surface area contributed by atoms with E-state index in [1.54, 1.807) is 0 Å². The lowest BCUT2D eigenvalue weighted by Gasteiger charge is -2.05. The third-order valence-electron chi connectivity index (χ3n) is 4.25. The fourth-order valence-electron chi connectivity index (χ4n) is 2.76. The molecule has 0 fully saturated rings. The van der Waals surface area contributed by atoms with Crippen molar-refractivity contribution in [3.63, 3.8) is 0 Å². The van der Waals surface area contributed by atoms with E-state index in [0.29, 0.717) is 16.8 Å². The van der Waals surface area contributed by atoms with Gasteiger partial charge in [-0.05, 0) is 62.4 Å². The van der Waals surface area contributed by atoms with Gasteiger partial charge in [-0.2, -0.15) is 0 Å². The number of ether oxygens (including phenoxy) is 1. The van der Waals surface area contributed by atoms with Gasteiger partial charge in [-0.1, -0.05) is 11.6 Å². The molecule has 0 aliphatic rings. The summed E-state index contributed by atoms with van der Waals surface area (Å²) in [6, 6.07) is 13.5. The summed E-state index contributed by atoms with van der Waals surface area (Å²) in [7, 11) is -3.57. The van der Waals surface area contributed by atoms with Crippen LogP contribution in [0, 0.1) is 6.92 Å². The third kappa shape index (κ3) is 5.59. The number of carbonyl (C=O) groups is 1. The zero-order valence-electron chi connectivity index (χ0n) is 16.5. The quantitative estimate of drug-likeness (QED) is 0.508. The van der Waals surface area contributed by atoms with E-state index < -0.39 is 15.7 Å². The molecule has 0 saturated heterocycles. The predicted molar refractivity (Wildman–Crippen MR) is 120 cm³/mol. The van der Waals surface area contributed by atoms with Crippen LogP contribution in [0.2, 0.25) is 5.02 Å². The van der Waals surface area contributed by atoms with Gasteiger partial charge < -0.3 is 10.1 Å². The van der Waals surface area contributed by atoms with Crippen LogP contribution in [0.15, 0.2) is 53.4 Å². The minimum atomic E-state index is -3.57.